The molecule has 31 heavy (non-hydrogen) atoms. The molecule has 0 atom stereocenters. The summed E-state index contributed by atoms with van der Waals surface area (Å²) in [5.41, 5.74) is 5.94. The van der Waals surface area contributed by atoms with Gasteiger partial charge in [0, 0.05) is 25.8 Å². The molecule has 9 heteroatoms. The molecule has 2 aromatic rings. The van der Waals surface area contributed by atoms with Crippen LogP contribution in [-0.4, -0.2) is 44.5 Å². The third-order valence-corrected chi connectivity index (χ3v) is 5.64. The van der Waals surface area contributed by atoms with Crippen LogP contribution in [0, 0.1) is 11.3 Å². The van der Waals surface area contributed by atoms with Crippen LogP contribution in [0.15, 0.2) is 10.9 Å². The molecule has 0 aromatic carbocycles. The topological polar surface area (TPSA) is 124 Å². The second kappa shape index (κ2) is 8.03. The van der Waals surface area contributed by atoms with Gasteiger partial charge in [-0.3, -0.25) is 14.2 Å². The summed E-state index contributed by atoms with van der Waals surface area (Å²) in [7, 11) is 0. The highest BCUT2D eigenvalue weighted by Gasteiger charge is 2.31. The first kappa shape index (κ1) is 21.4. The van der Waals surface area contributed by atoms with Crippen molar-refractivity contribution in [2.75, 3.05) is 18.9 Å². The molecule has 2 fully saturated rings. The maximum atomic E-state index is 13.2. The highest BCUT2D eigenvalue weighted by atomic mass is 16.5. The molecule has 2 aliphatic rings. The van der Waals surface area contributed by atoms with Crippen molar-refractivity contribution in [2.45, 2.75) is 59.0 Å². The second-order valence-electron chi connectivity index (χ2n) is 9.74. The van der Waals surface area contributed by atoms with Crippen molar-refractivity contribution in [1.29, 1.82) is 0 Å². The number of amides is 1. The zero-order chi connectivity index (χ0) is 22.3. The minimum atomic E-state index is -0.673. The number of ether oxygens (including phenoxy) is 1. The first-order chi connectivity index (χ1) is 14.7. The number of nitrogens with two attached hydrogens (primary N) is 1. The standard InChI is InChI=1S/C22H31N5O4/c1-22(2,3)12-26-19-15(7-4-13-8-10-31-11-9-13)17(23)25-27(19)21(30)16(20(26)29)18(28)24-14-5-6-14/h4,7,13-14,29H,5-6,8-12H2,1-3H3,(H2,23,25)(H,24,28). The summed E-state index contributed by atoms with van der Waals surface area (Å²) in [5.74, 6) is -0.403. The van der Waals surface area contributed by atoms with E-state index in [-0.39, 0.29) is 28.7 Å². The van der Waals surface area contributed by atoms with E-state index in [0.717, 1.165) is 30.2 Å². The summed E-state index contributed by atoms with van der Waals surface area (Å²) >= 11 is 0. The Kier molecular flexibility index (Phi) is 5.55. The van der Waals surface area contributed by atoms with Crippen molar-refractivity contribution in [3.63, 3.8) is 0 Å². The Morgan fingerprint density at radius 3 is 2.58 bits per heavy atom. The summed E-state index contributed by atoms with van der Waals surface area (Å²) < 4.78 is 8.14. The van der Waals surface area contributed by atoms with Crippen molar-refractivity contribution in [3.05, 3.63) is 27.6 Å². The Morgan fingerprint density at radius 2 is 1.97 bits per heavy atom. The molecule has 0 spiro atoms. The fraction of sp³-hybridized carbons (Fsp3) is 0.591. The molecule has 1 saturated carbocycles. The van der Waals surface area contributed by atoms with E-state index in [1.165, 1.54) is 0 Å². The van der Waals surface area contributed by atoms with Gasteiger partial charge in [-0.15, -0.1) is 5.10 Å². The van der Waals surface area contributed by atoms with Crippen LogP contribution in [0.5, 0.6) is 5.88 Å². The second-order valence-corrected chi connectivity index (χ2v) is 9.74. The van der Waals surface area contributed by atoms with E-state index in [0.29, 0.717) is 36.9 Å². The molecule has 3 heterocycles. The van der Waals surface area contributed by atoms with Crippen molar-refractivity contribution in [3.8, 4) is 5.88 Å². The SMILES string of the molecule is CC(C)(C)Cn1c(O)c(C(=O)NC2CC2)c(=O)n2nc(N)c(C=CC3CCOCC3)c12. The maximum absolute atomic E-state index is 13.2. The molecule has 1 aliphatic heterocycles. The van der Waals surface area contributed by atoms with Crippen LogP contribution in [0.1, 0.15) is 62.4 Å². The molecule has 168 valence electrons. The van der Waals surface area contributed by atoms with Gasteiger partial charge in [-0.1, -0.05) is 32.9 Å². The number of rotatable bonds is 5. The van der Waals surface area contributed by atoms with E-state index in [1.54, 1.807) is 4.57 Å². The lowest BCUT2D eigenvalue weighted by atomic mass is 9.96. The molecular weight excluding hydrogens is 398 g/mol. The van der Waals surface area contributed by atoms with Gasteiger partial charge in [0.1, 0.15) is 0 Å². The van der Waals surface area contributed by atoms with E-state index in [2.05, 4.69) is 16.5 Å². The van der Waals surface area contributed by atoms with Crippen LogP contribution in [0.25, 0.3) is 11.7 Å². The van der Waals surface area contributed by atoms with Crippen molar-refractivity contribution in [2.24, 2.45) is 11.3 Å². The fourth-order valence-corrected chi connectivity index (χ4v) is 3.88. The minimum Gasteiger partial charge on any atom is -0.494 e. The van der Waals surface area contributed by atoms with E-state index < -0.39 is 11.5 Å². The number of allylic oxidation sites excluding steroid dienone is 1. The number of nitrogens with zero attached hydrogens (tertiary/aromatic N) is 3. The molecule has 1 saturated heterocycles. The number of carbonyl (C=O) groups excluding carboxylic acids is 1. The minimum absolute atomic E-state index is 0.0544. The lowest BCUT2D eigenvalue weighted by molar-refractivity contribution is 0.0787. The molecule has 4 rings (SSSR count). The molecule has 4 N–H and O–H groups in total. The number of nitrogen functional groups attached to an aromatic ring is 1. The van der Waals surface area contributed by atoms with Gasteiger partial charge in [0.05, 0.1) is 5.56 Å². The van der Waals surface area contributed by atoms with E-state index >= 15 is 0 Å². The average molecular weight is 430 g/mol. The zero-order valence-corrected chi connectivity index (χ0v) is 18.4. The third kappa shape index (κ3) is 4.46. The van der Waals surface area contributed by atoms with Crippen LogP contribution in [0.2, 0.25) is 0 Å². The molecule has 1 amide bonds. The van der Waals surface area contributed by atoms with Crippen LogP contribution in [0.3, 0.4) is 0 Å². The van der Waals surface area contributed by atoms with Crippen LogP contribution >= 0.6 is 0 Å². The Morgan fingerprint density at radius 1 is 1.29 bits per heavy atom. The lowest BCUT2D eigenvalue weighted by Gasteiger charge is -2.23. The third-order valence-electron chi connectivity index (χ3n) is 5.64. The van der Waals surface area contributed by atoms with Gasteiger partial charge in [-0.25, -0.2) is 0 Å². The highest BCUT2D eigenvalue weighted by Crippen LogP contribution is 2.30. The van der Waals surface area contributed by atoms with E-state index in [4.69, 9.17) is 10.5 Å². The maximum Gasteiger partial charge on any atom is 0.291 e. The Hall–Kier alpha value is -2.81. The van der Waals surface area contributed by atoms with Gasteiger partial charge in [0.25, 0.3) is 11.5 Å². The van der Waals surface area contributed by atoms with Crippen molar-refractivity contribution >= 4 is 23.4 Å². The summed E-state index contributed by atoms with van der Waals surface area (Å²) in [6.45, 7) is 7.85. The summed E-state index contributed by atoms with van der Waals surface area (Å²) in [6, 6.07) is 0.0544. The molecule has 0 unspecified atom stereocenters. The Bertz CT molecular complexity index is 1080. The first-order valence-electron chi connectivity index (χ1n) is 10.9. The van der Waals surface area contributed by atoms with Gasteiger partial charge in [0.15, 0.2) is 17.0 Å². The molecule has 9 nitrogen and oxygen atoms in total. The summed E-state index contributed by atoms with van der Waals surface area (Å²) in [5, 5.41) is 18.1. The monoisotopic (exact) mass is 429 g/mol. The number of nitrogens with one attached hydrogen (secondary N) is 1. The first-order valence-corrected chi connectivity index (χ1v) is 10.9. The normalized spacial score (nSPS) is 18.2. The molecule has 1 aliphatic carbocycles. The van der Waals surface area contributed by atoms with Gasteiger partial charge in [0.2, 0.25) is 5.88 Å². The van der Waals surface area contributed by atoms with Crippen molar-refractivity contribution in [1.82, 2.24) is 19.5 Å². The van der Waals surface area contributed by atoms with Gasteiger partial charge in [-0.05, 0) is 37.0 Å². The van der Waals surface area contributed by atoms with Crippen LogP contribution in [-0.2, 0) is 11.3 Å². The van der Waals surface area contributed by atoms with Crippen LogP contribution in [0.4, 0.5) is 5.82 Å². The quantitative estimate of drug-likeness (QED) is 0.669. The number of aromatic hydroxyl groups is 1. The molecular formula is C22H31N5O4. The summed E-state index contributed by atoms with van der Waals surface area (Å²) in [6.07, 6.45) is 7.52. The van der Waals surface area contributed by atoms with E-state index in [1.807, 2.05) is 26.8 Å². The molecule has 0 bridgehead atoms. The Labute approximate surface area is 180 Å². The number of anilines is 1. The number of fused-ring (bicyclic) bond motifs is 1. The van der Waals surface area contributed by atoms with Gasteiger partial charge >= 0.3 is 0 Å². The smallest absolute Gasteiger partial charge is 0.291 e. The largest absolute Gasteiger partial charge is 0.494 e. The predicted molar refractivity (Wildman–Crippen MR) is 118 cm³/mol. The molecule has 2 aromatic heterocycles. The van der Waals surface area contributed by atoms with Gasteiger partial charge < -0.3 is 20.9 Å². The number of hydrogen-bond acceptors (Lipinski definition) is 6. The predicted octanol–water partition coefficient (Wildman–Crippen LogP) is 2.16. The molecule has 0 radical (unpaired) electrons. The average Bonchev–Trinajstić information content (AvgIpc) is 3.44. The Balaban J connectivity index is 1.87. The van der Waals surface area contributed by atoms with Crippen molar-refractivity contribution < 1.29 is 14.6 Å². The highest BCUT2D eigenvalue weighted by molar-refractivity contribution is 5.97. The number of hydrogen-bond donors (Lipinski definition) is 3. The van der Waals surface area contributed by atoms with Gasteiger partial charge in [-0.2, -0.15) is 4.52 Å². The zero-order valence-electron chi connectivity index (χ0n) is 18.4. The number of carbonyl (C=O) groups is 1. The van der Waals surface area contributed by atoms with E-state index in [9.17, 15) is 14.7 Å². The lowest BCUT2D eigenvalue weighted by Crippen LogP contribution is -2.35. The number of aromatic nitrogens is 3. The van der Waals surface area contributed by atoms with Crippen LogP contribution < -0.4 is 16.6 Å². The fourth-order valence-electron chi connectivity index (χ4n) is 3.88. The summed E-state index contributed by atoms with van der Waals surface area (Å²) in [4.78, 5) is 25.9.